The molecule has 0 saturated carbocycles. The average molecular weight is 230 g/mol. The molecule has 0 N–H and O–H groups in total. The molecule has 0 spiro atoms. The number of carbonyl (C=O) groups excluding carboxylic acids is 1. The van der Waals surface area contributed by atoms with Crippen molar-refractivity contribution >= 4 is 11.5 Å². The minimum Gasteiger partial charge on any atom is -0.369 e. The van der Waals surface area contributed by atoms with E-state index in [1.807, 2.05) is 0 Å². The van der Waals surface area contributed by atoms with E-state index in [4.69, 9.17) is 0 Å². The third kappa shape index (κ3) is 1.97. The van der Waals surface area contributed by atoms with E-state index in [0.717, 1.165) is 6.20 Å². The molecule has 2 rings (SSSR count). The lowest BCUT2D eigenvalue weighted by molar-refractivity contribution is -0.291. The van der Waals surface area contributed by atoms with Gasteiger partial charge in [-0.15, -0.1) is 13.2 Å². The second kappa shape index (κ2) is 3.51. The highest BCUT2D eigenvalue weighted by Gasteiger charge is 2.35. The lowest BCUT2D eigenvalue weighted by atomic mass is 10.3. The predicted octanol–water partition coefficient (Wildman–Crippen LogP) is 2.01. The number of halogens is 3. The summed E-state index contributed by atoms with van der Waals surface area (Å²) in [7, 11) is 0. The number of pyridine rings is 1. The van der Waals surface area contributed by atoms with Gasteiger partial charge < -0.3 is 4.74 Å². The molecule has 0 amide bonds. The molecular weight excluding hydrogens is 225 g/mol. The highest BCUT2D eigenvalue weighted by Crippen LogP contribution is 2.20. The topological polar surface area (TPSA) is 43.6 Å². The lowest BCUT2D eigenvalue weighted by Crippen LogP contribution is -2.19. The van der Waals surface area contributed by atoms with Crippen molar-refractivity contribution in [2.75, 3.05) is 0 Å². The molecule has 0 saturated heterocycles. The fraction of sp³-hybridized carbons (Fsp3) is 0.111. The summed E-state index contributed by atoms with van der Waals surface area (Å²) < 4.78 is 40.1. The zero-order valence-electron chi connectivity index (χ0n) is 7.73. The van der Waals surface area contributed by atoms with Crippen molar-refractivity contribution in [3.05, 3.63) is 36.2 Å². The first-order valence-corrected chi connectivity index (χ1v) is 4.20. The van der Waals surface area contributed by atoms with E-state index >= 15 is 0 Å². The number of fused-ring (bicyclic) bond motifs is 1. The Morgan fingerprint density at radius 2 is 2.12 bits per heavy atom. The van der Waals surface area contributed by atoms with Crippen molar-refractivity contribution < 1.29 is 22.7 Å². The molecule has 2 aromatic heterocycles. The van der Waals surface area contributed by atoms with Crippen LogP contribution in [-0.4, -0.2) is 21.9 Å². The number of carbonyl (C=O) groups is 1. The number of rotatable bonds is 1. The molecule has 84 valence electrons. The molecule has 4 nitrogen and oxygen atoms in total. The highest BCUT2D eigenvalue weighted by atomic mass is 19.4. The third-order valence-corrected chi connectivity index (χ3v) is 1.85. The molecule has 0 aromatic carbocycles. The maximum absolute atomic E-state index is 11.8. The van der Waals surface area contributed by atoms with Crippen LogP contribution in [0.25, 0.3) is 5.52 Å². The van der Waals surface area contributed by atoms with Crippen LogP contribution in [0.5, 0.6) is 0 Å². The van der Waals surface area contributed by atoms with Crippen LogP contribution in [0.2, 0.25) is 0 Å². The zero-order chi connectivity index (χ0) is 11.8. The molecule has 2 aromatic rings. The standard InChI is InChI=1S/C9H5F3N2O2/c10-9(11,12)16-8(15)6-5-13-14-4-2-1-3-7(6)14/h1-5H. The van der Waals surface area contributed by atoms with Crippen molar-refractivity contribution in [1.29, 1.82) is 0 Å². The Morgan fingerprint density at radius 1 is 1.38 bits per heavy atom. The van der Waals surface area contributed by atoms with E-state index in [1.165, 1.54) is 16.8 Å². The molecular formula is C9H5F3N2O2. The van der Waals surface area contributed by atoms with Crippen LogP contribution in [0.3, 0.4) is 0 Å². The van der Waals surface area contributed by atoms with Crippen LogP contribution < -0.4 is 0 Å². The van der Waals surface area contributed by atoms with Crippen LogP contribution in [0.15, 0.2) is 30.6 Å². The Kier molecular flexibility index (Phi) is 2.30. The first-order chi connectivity index (χ1) is 7.47. The summed E-state index contributed by atoms with van der Waals surface area (Å²) in [4.78, 5) is 11.1. The molecule has 16 heavy (non-hydrogen) atoms. The zero-order valence-corrected chi connectivity index (χ0v) is 7.73. The Balaban J connectivity index is 2.37. The quantitative estimate of drug-likeness (QED) is 0.704. The molecule has 0 bridgehead atoms. The highest BCUT2D eigenvalue weighted by molar-refractivity contribution is 5.96. The van der Waals surface area contributed by atoms with E-state index in [9.17, 15) is 18.0 Å². The first kappa shape index (κ1) is 10.5. The maximum Gasteiger partial charge on any atom is 0.575 e. The smallest absolute Gasteiger partial charge is 0.369 e. The van der Waals surface area contributed by atoms with Gasteiger partial charge in [0, 0.05) is 6.20 Å². The van der Waals surface area contributed by atoms with Gasteiger partial charge in [0.25, 0.3) is 0 Å². The van der Waals surface area contributed by atoms with E-state index in [-0.39, 0.29) is 11.1 Å². The monoisotopic (exact) mass is 230 g/mol. The summed E-state index contributed by atoms with van der Waals surface area (Å²) in [5, 5.41) is 3.72. The van der Waals surface area contributed by atoms with Crippen LogP contribution in [0.4, 0.5) is 13.2 Å². The summed E-state index contributed by atoms with van der Waals surface area (Å²) >= 11 is 0. The molecule has 0 atom stereocenters. The van der Waals surface area contributed by atoms with Gasteiger partial charge in [0.15, 0.2) is 0 Å². The largest absolute Gasteiger partial charge is 0.575 e. The van der Waals surface area contributed by atoms with E-state index in [2.05, 4.69) is 9.84 Å². The minimum absolute atomic E-state index is 0.224. The van der Waals surface area contributed by atoms with Gasteiger partial charge in [-0.1, -0.05) is 6.07 Å². The van der Waals surface area contributed by atoms with Crippen molar-refractivity contribution in [3.63, 3.8) is 0 Å². The summed E-state index contributed by atoms with van der Waals surface area (Å²) in [5.41, 5.74) is 0.0367. The molecule has 2 heterocycles. The third-order valence-electron chi connectivity index (χ3n) is 1.85. The van der Waals surface area contributed by atoms with Gasteiger partial charge in [0.2, 0.25) is 0 Å². The second-order valence-electron chi connectivity index (χ2n) is 2.92. The summed E-state index contributed by atoms with van der Waals surface area (Å²) in [6, 6.07) is 4.69. The number of hydrogen-bond donors (Lipinski definition) is 0. The number of ether oxygens (including phenoxy) is 1. The normalized spacial score (nSPS) is 11.7. The molecule has 0 aliphatic heterocycles. The van der Waals surface area contributed by atoms with Crippen LogP contribution >= 0.6 is 0 Å². The molecule has 0 aliphatic rings. The van der Waals surface area contributed by atoms with Gasteiger partial charge in [-0.05, 0) is 12.1 Å². The minimum atomic E-state index is -4.99. The predicted molar refractivity (Wildman–Crippen MR) is 46.7 cm³/mol. The summed E-state index contributed by atoms with van der Waals surface area (Å²) in [6.07, 6.45) is -2.44. The number of alkyl halides is 3. The maximum atomic E-state index is 11.8. The van der Waals surface area contributed by atoms with E-state index < -0.39 is 12.3 Å². The van der Waals surface area contributed by atoms with E-state index in [0.29, 0.717) is 0 Å². The van der Waals surface area contributed by atoms with Gasteiger partial charge >= 0.3 is 12.3 Å². The summed E-state index contributed by atoms with van der Waals surface area (Å²) in [6.45, 7) is 0. The van der Waals surface area contributed by atoms with E-state index in [1.54, 1.807) is 12.1 Å². The summed E-state index contributed by atoms with van der Waals surface area (Å²) in [5.74, 6) is -1.46. The second-order valence-corrected chi connectivity index (χ2v) is 2.92. The van der Waals surface area contributed by atoms with Crippen LogP contribution in [0.1, 0.15) is 10.4 Å². The van der Waals surface area contributed by atoms with Gasteiger partial charge in [-0.2, -0.15) is 5.10 Å². The van der Waals surface area contributed by atoms with Crippen molar-refractivity contribution in [2.24, 2.45) is 0 Å². The lowest BCUT2D eigenvalue weighted by Gasteiger charge is -2.05. The van der Waals surface area contributed by atoms with Gasteiger partial charge in [-0.25, -0.2) is 9.31 Å². The van der Waals surface area contributed by atoms with Gasteiger partial charge in [0.1, 0.15) is 5.56 Å². The van der Waals surface area contributed by atoms with Gasteiger partial charge in [0.05, 0.1) is 11.7 Å². The Hall–Kier alpha value is -2.05. The molecule has 0 fully saturated rings. The SMILES string of the molecule is O=C(OC(F)(F)F)c1cnn2ccccc12. The van der Waals surface area contributed by atoms with Crippen LogP contribution in [-0.2, 0) is 4.74 Å². The molecule has 0 aliphatic carbocycles. The number of hydrogen-bond acceptors (Lipinski definition) is 3. The van der Waals surface area contributed by atoms with Gasteiger partial charge in [-0.3, -0.25) is 0 Å². The van der Waals surface area contributed by atoms with Crippen LogP contribution in [0, 0.1) is 0 Å². The number of nitrogens with zero attached hydrogens (tertiary/aromatic N) is 2. The Morgan fingerprint density at radius 3 is 2.81 bits per heavy atom. The van der Waals surface area contributed by atoms with Crippen molar-refractivity contribution in [1.82, 2.24) is 9.61 Å². The first-order valence-electron chi connectivity index (χ1n) is 4.20. The molecule has 0 unspecified atom stereocenters. The number of esters is 1. The average Bonchev–Trinajstić information content (AvgIpc) is 2.58. The van der Waals surface area contributed by atoms with Crippen molar-refractivity contribution in [3.8, 4) is 0 Å². The van der Waals surface area contributed by atoms with Crippen molar-refractivity contribution in [2.45, 2.75) is 6.36 Å². The number of aromatic nitrogens is 2. The molecule has 0 radical (unpaired) electrons. The fourth-order valence-corrected chi connectivity index (χ4v) is 1.25. The fourth-order valence-electron chi connectivity index (χ4n) is 1.25. The molecule has 7 heteroatoms. The Labute approximate surface area is 87.2 Å². The Bertz CT molecular complexity index is 533.